The second-order valence-electron chi connectivity index (χ2n) is 8.61. The lowest BCUT2D eigenvalue weighted by Gasteiger charge is -2.18. The first-order valence-corrected chi connectivity index (χ1v) is 18.4. The number of hydrogen-bond donors (Lipinski definition) is 6. The van der Waals surface area contributed by atoms with Crippen molar-refractivity contribution < 1.29 is 75.0 Å². The molecule has 0 spiro atoms. The number of unbranched alkanes of at least 4 members (excludes halogenated alkanes) is 2. The van der Waals surface area contributed by atoms with E-state index >= 15 is 0 Å². The summed E-state index contributed by atoms with van der Waals surface area (Å²) >= 11 is 2.81. The van der Waals surface area contributed by atoms with E-state index in [0.717, 1.165) is 0 Å². The molecule has 242 valence electrons. The van der Waals surface area contributed by atoms with E-state index < -0.39 is 66.8 Å². The highest BCUT2D eigenvalue weighted by molar-refractivity contribution is 8.26. The van der Waals surface area contributed by atoms with Crippen LogP contribution in [0.2, 0.25) is 0 Å². The molecule has 2 aliphatic heterocycles. The quantitative estimate of drug-likeness (QED) is 0.0468. The Hall–Kier alpha value is -2.60. The molecule has 0 saturated carbocycles. The number of ether oxygens (including phenoxy) is 2. The summed E-state index contributed by atoms with van der Waals surface area (Å²) in [4.78, 5) is 47.7. The molecule has 0 bridgehead atoms. The van der Waals surface area contributed by atoms with Gasteiger partial charge in [0.1, 0.15) is 11.5 Å². The number of aliphatic carboxylic acids is 4. The number of carboxylic acid groups (broad SMARTS) is 4. The summed E-state index contributed by atoms with van der Waals surface area (Å²) in [5.41, 5.74) is -1.93. The number of fused-ring (bicyclic) bond motifs is 2. The second kappa shape index (κ2) is 14.7. The van der Waals surface area contributed by atoms with Gasteiger partial charge in [-0.2, -0.15) is 16.8 Å². The van der Waals surface area contributed by atoms with Crippen LogP contribution in [0, 0.1) is 0 Å². The minimum absolute atomic E-state index is 0.00540. The van der Waals surface area contributed by atoms with E-state index in [0.29, 0.717) is 47.0 Å². The highest BCUT2D eigenvalue weighted by atomic mass is 32.2. The van der Waals surface area contributed by atoms with E-state index in [9.17, 15) is 56.4 Å². The Bertz CT molecular complexity index is 1480. The van der Waals surface area contributed by atoms with Crippen molar-refractivity contribution in [2.75, 3.05) is 24.7 Å². The average Bonchev–Trinajstić information content (AvgIpc) is 3.47. The van der Waals surface area contributed by atoms with Crippen molar-refractivity contribution in [2.24, 2.45) is 0 Å². The zero-order valence-electron chi connectivity index (χ0n) is 21.9. The third kappa shape index (κ3) is 9.22. The zero-order valence-corrected chi connectivity index (χ0v) is 26.8. The molecule has 0 amide bonds. The SMILES string of the molecule is O=C(O)C(C(=O)O)=C1Sc2c(OCCCCS(=O)(=O)O)c3c(c(OCCCCS(=O)(=O)O)c2S1)SC(=C(C(=O)O)C(=O)O)S3. The van der Waals surface area contributed by atoms with Crippen molar-refractivity contribution in [3.05, 3.63) is 19.6 Å². The summed E-state index contributed by atoms with van der Waals surface area (Å²) < 4.78 is 73.6. The molecule has 0 atom stereocenters. The second-order valence-corrected chi connectivity index (χ2v) is 16.4. The topological polar surface area (TPSA) is 276 Å². The highest BCUT2D eigenvalue weighted by Crippen LogP contribution is 2.68. The molecule has 0 unspecified atom stereocenters. The van der Waals surface area contributed by atoms with Crippen LogP contribution in [0.1, 0.15) is 25.7 Å². The van der Waals surface area contributed by atoms with Gasteiger partial charge >= 0.3 is 23.9 Å². The Morgan fingerprint density at radius 2 is 0.795 bits per heavy atom. The van der Waals surface area contributed by atoms with E-state index in [1.165, 1.54) is 0 Å². The first-order valence-electron chi connectivity index (χ1n) is 11.9. The molecule has 22 heteroatoms. The van der Waals surface area contributed by atoms with Gasteiger partial charge in [0.2, 0.25) is 0 Å². The Morgan fingerprint density at radius 3 is 1.02 bits per heavy atom. The van der Waals surface area contributed by atoms with Gasteiger partial charge in [0, 0.05) is 0 Å². The minimum Gasteiger partial charge on any atom is -0.491 e. The molecular formula is C22H22O16S6. The Labute approximate surface area is 266 Å². The molecule has 0 fully saturated rings. The molecule has 0 aliphatic carbocycles. The van der Waals surface area contributed by atoms with Crippen LogP contribution >= 0.6 is 47.0 Å². The summed E-state index contributed by atoms with van der Waals surface area (Å²) in [6.45, 7) is -0.317. The van der Waals surface area contributed by atoms with Gasteiger partial charge in [0.25, 0.3) is 20.2 Å². The molecule has 2 heterocycles. The van der Waals surface area contributed by atoms with Crippen molar-refractivity contribution in [1.82, 2.24) is 0 Å². The summed E-state index contributed by atoms with van der Waals surface area (Å²) in [5.74, 6) is -8.08. The van der Waals surface area contributed by atoms with E-state index in [2.05, 4.69) is 0 Å². The lowest BCUT2D eigenvalue weighted by molar-refractivity contribution is -0.142. The van der Waals surface area contributed by atoms with Gasteiger partial charge < -0.3 is 29.9 Å². The number of thioether (sulfide) groups is 4. The van der Waals surface area contributed by atoms with Crippen LogP contribution in [0.15, 0.2) is 39.2 Å². The van der Waals surface area contributed by atoms with Gasteiger partial charge in [-0.3, -0.25) is 9.11 Å². The molecule has 0 radical (unpaired) electrons. The lowest BCUT2D eigenvalue weighted by Crippen LogP contribution is -2.12. The standard InChI is InChI=1S/C22H22O16S6/c23-17(24)9(18(25)26)21-39-13-11(37-5-1-3-7-43(31,32)33)14-16(42-22(40-14)10(19(27)28)20(29)30)12(15(13)41-21)38-6-2-4-8-44(34,35)36/h1-8H2,(H,23,24)(H,25,26)(H,27,28)(H,29,30)(H,31,32,33)(H,34,35,36). The summed E-state index contributed by atoms with van der Waals surface area (Å²) in [6.07, 6.45) is 0.166. The van der Waals surface area contributed by atoms with Crippen LogP contribution < -0.4 is 9.47 Å². The van der Waals surface area contributed by atoms with E-state index in [1.807, 2.05) is 0 Å². The molecule has 6 N–H and O–H groups in total. The monoisotopic (exact) mass is 734 g/mol. The van der Waals surface area contributed by atoms with Crippen LogP contribution in [0.3, 0.4) is 0 Å². The van der Waals surface area contributed by atoms with Crippen LogP contribution in [-0.4, -0.2) is 95.0 Å². The van der Waals surface area contributed by atoms with Crippen LogP contribution in [-0.2, 0) is 39.4 Å². The summed E-state index contributed by atoms with van der Waals surface area (Å²) in [6, 6.07) is 0. The van der Waals surface area contributed by atoms with Gasteiger partial charge in [-0.15, -0.1) is 0 Å². The third-order valence-corrected chi connectivity index (χ3v) is 12.2. The maximum atomic E-state index is 11.8. The Balaban J connectivity index is 2.14. The number of benzene rings is 1. The molecule has 0 aromatic heterocycles. The van der Waals surface area contributed by atoms with Crippen molar-refractivity contribution in [2.45, 2.75) is 45.3 Å². The van der Waals surface area contributed by atoms with E-state index in [-0.39, 0.29) is 78.5 Å². The Morgan fingerprint density at radius 1 is 0.523 bits per heavy atom. The smallest absolute Gasteiger partial charge is 0.344 e. The molecule has 44 heavy (non-hydrogen) atoms. The van der Waals surface area contributed by atoms with E-state index in [4.69, 9.17) is 18.6 Å². The summed E-state index contributed by atoms with van der Waals surface area (Å²) in [5, 5.41) is 38.1. The van der Waals surface area contributed by atoms with Gasteiger partial charge in [-0.1, -0.05) is 47.0 Å². The van der Waals surface area contributed by atoms with Crippen LogP contribution in [0.25, 0.3) is 0 Å². The zero-order chi connectivity index (χ0) is 33.0. The lowest BCUT2D eigenvalue weighted by atomic mass is 10.3. The number of rotatable bonds is 16. The maximum Gasteiger partial charge on any atom is 0.344 e. The van der Waals surface area contributed by atoms with Gasteiger partial charge in [-0.25, -0.2) is 19.2 Å². The van der Waals surface area contributed by atoms with Crippen molar-refractivity contribution in [3.8, 4) is 11.5 Å². The molecule has 16 nitrogen and oxygen atoms in total. The summed E-state index contributed by atoms with van der Waals surface area (Å²) in [7, 11) is -8.50. The predicted molar refractivity (Wildman–Crippen MR) is 157 cm³/mol. The molecule has 0 saturated heterocycles. The molecule has 3 rings (SSSR count). The van der Waals surface area contributed by atoms with Gasteiger partial charge in [0.05, 0.1) is 52.8 Å². The first kappa shape index (κ1) is 35.9. The molecular weight excluding hydrogens is 713 g/mol. The number of carbonyl (C=O) groups is 4. The van der Waals surface area contributed by atoms with Crippen molar-refractivity contribution in [1.29, 1.82) is 0 Å². The first-order chi connectivity index (χ1) is 20.4. The third-order valence-electron chi connectivity index (χ3n) is 5.37. The maximum absolute atomic E-state index is 11.8. The minimum atomic E-state index is -4.25. The largest absolute Gasteiger partial charge is 0.491 e. The van der Waals surface area contributed by atoms with Gasteiger partial charge in [-0.05, 0) is 25.7 Å². The molecule has 1 aromatic carbocycles. The molecule has 2 aliphatic rings. The number of hydrogen-bond acceptors (Lipinski definition) is 14. The predicted octanol–water partition coefficient (Wildman–Crippen LogP) is 2.94. The van der Waals surface area contributed by atoms with E-state index in [1.54, 1.807) is 0 Å². The van der Waals surface area contributed by atoms with Crippen LogP contribution in [0.5, 0.6) is 11.5 Å². The average molecular weight is 735 g/mol. The molecule has 1 aromatic rings. The normalized spacial score (nSPS) is 14.1. The van der Waals surface area contributed by atoms with Gasteiger partial charge in [0.15, 0.2) is 11.1 Å². The fraction of sp³-hybridized carbons (Fsp3) is 0.364. The highest BCUT2D eigenvalue weighted by Gasteiger charge is 2.41. The number of carboxylic acids is 4. The fourth-order valence-electron chi connectivity index (χ4n) is 3.52. The van der Waals surface area contributed by atoms with Crippen molar-refractivity contribution >= 4 is 91.2 Å². The Kier molecular flexibility index (Phi) is 12.0. The fourth-order valence-corrected chi connectivity index (χ4v) is 10.2. The van der Waals surface area contributed by atoms with Crippen LogP contribution in [0.4, 0.5) is 0 Å². The van der Waals surface area contributed by atoms with Crippen molar-refractivity contribution in [3.63, 3.8) is 0 Å².